The second-order valence-corrected chi connectivity index (χ2v) is 7.50. The summed E-state index contributed by atoms with van der Waals surface area (Å²) in [5.74, 6) is 0.589. The summed E-state index contributed by atoms with van der Waals surface area (Å²) in [6.45, 7) is 3.18. The summed E-state index contributed by atoms with van der Waals surface area (Å²) < 4.78 is 15.2. The topological polar surface area (TPSA) is 50.2 Å². The Hall–Kier alpha value is -2.21. The van der Waals surface area contributed by atoms with Crippen LogP contribution in [-0.4, -0.2) is 33.7 Å². The number of hydrogen-bond acceptors (Lipinski definition) is 3. The Morgan fingerprint density at radius 1 is 1.23 bits per heavy atom. The number of rotatable bonds is 7. The van der Waals surface area contributed by atoms with E-state index in [4.69, 9.17) is 0 Å². The predicted molar refractivity (Wildman–Crippen MR) is 96.7 cm³/mol. The molecular weight excluding hydrogens is 331 g/mol. The average Bonchev–Trinajstić information content (AvgIpc) is 3.30. The Labute approximate surface area is 153 Å². The van der Waals surface area contributed by atoms with Crippen molar-refractivity contribution in [2.45, 2.75) is 44.8 Å². The highest BCUT2D eigenvalue weighted by molar-refractivity contribution is 5.76. The molecule has 0 unspecified atom stereocenters. The highest BCUT2D eigenvalue weighted by Crippen LogP contribution is 2.32. The number of nitrogens with zero attached hydrogens (tertiary/aromatic N) is 3. The van der Waals surface area contributed by atoms with Gasteiger partial charge in [-0.25, -0.2) is 4.39 Å². The first-order valence-electron chi connectivity index (χ1n) is 9.43. The molecule has 0 saturated heterocycles. The summed E-state index contributed by atoms with van der Waals surface area (Å²) in [5.41, 5.74) is 2.29. The van der Waals surface area contributed by atoms with Gasteiger partial charge in [-0.2, -0.15) is 5.10 Å². The third-order valence-corrected chi connectivity index (χ3v) is 5.24. The predicted octanol–water partition coefficient (Wildman–Crippen LogP) is 2.89. The first-order chi connectivity index (χ1) is 12.7. The lowest BCUT2D eigenvalue weighted by Crippen LogP contribution is -2.39. The van der Waals surface area contributed by atoms with E-state index in [0.717, 1.165) is 31.6 Å². The van der Waals surface area contributed by atoms with Crippen LogP contribution in [0.2, 0.25) is 0 Å². The lowest BCUT2D eigenvalue weighted by molar-refractivity contribution is -0.121. The first-order valence-corrected chi connectivity index (χ1v) is 9.43. The Morgan fingerprint density at radius 3 is 2.81 bits per heavy atom. The number of halogens is 1. The summed E-state index contributed by atoms with van der Waals surface area (Å²) in [6.07, 6.45) is 5.78. The van der Waals surface area contributed by atoms with Crippen LogP contribution in [0, 0.1) is 11.7 Å². The van der Waals surface area contributed by atoms with Gasteiger partial charge < -0.3 is 5.32 Å². The standard InChI is InChI=1S/C20H25FN4O/c21-17-5-3-16(4-6-17)12-24-13-18(25-19(14-24)8-10-23-25)7-9-22-20(26)11-15-1-2-15/h3-6,8,10,15,18H,1-2,7,9,11-14H2,(H,22,26)/t18-/m0/s1. The Bertz CT molecular complexity index is 753. The zero-order valence-electron chi connectivity index (χ0n) is 14.9. The van der Waals surface area contributed by atoms with Gasteiger partial charge in [0.1, 0.15) is 5.82 Å². The molecule has 0 spiro atoms. The maximum absolute atomic E-state index is 13.1. The Morgan fingerprint density at radius 2 is 2.04 bits per heavy atom. The molecule has 2 aliphatic rings. The number of fused-ring (bicyclic) bond motifs is 1. The fourth-order valence-corrected chi connectivity index (χ4v) is 3.68. The van der Waals surface area contributed by atoms with Gasteiger partial charge in [0.2, 0.25) is 5.91 Å². The van der Waals surface area contributed by atoms with Crippen molar-refractivity contribution >= 4 is 5.91 Å². The molecule has 1 fully saturated rings. The third kappa shape index (κ3) is 4.30. The van der Waals surface area contributed by atoms with Crippen molar-refractivity contribution in [2.24, 2.45) is 5.92 Å². The lowest BCUT2D eigenvalue weighted by atomic mass is 10.1. The number of carbonyl (C=O) groups is 1. The van der Waals surface area contributed by atoms with Crippen LogP contribution >= 0.6 is 0 Å². The fraction of sp³-hybridized carbons (Fsp3) is 0.500. The summed E-state index contributed by atoms with van der Waals surface area (Å²) in [7, 11) is 0. The lowest BCUT2D eigenvalue weighted by Gasteiger charge is -2.34. The number of hydrogen-bond donors (Lipinski definition) is 1. The molecule has 4 rings (SSSR count). The summed E-state index contributed by atoms with van der Waals surface area (Å²) in [6, 6.07) is 9.00. The highest BCUT2D eigenvalue weighted by atomic mass is 19.1. The Balaban J connectivity index is 1.34. The van der Waals surface area contributed by atoms with Gasteiger partial charge in [-0.1, -0.05) is 12.1 Å². The van der Waals surface area contributed by atoms with Gasteiger partial charge >= 0.3 is 0 Å². The van der Waals surface area contributed by atoms with Crippen molar-refractivity contribution in [3.8, 4) is 0 Å². The summed E-state index contributed by atoms with van der Waals surface area (Å²) in [4.78, 5) is 14.3. The van der Waals surface area contributed by atoms with E-state index >= 15 is 0 Å². The van der Waals surface area contributed by atoms with Crippen molar-refractivity contribution in [1.82, 2.24) is 20.0 Å². The number of carbonyl (C=O) groups excluding carboxylic acids is 1. The smallest absolute Gasteiger partial charge is 0.220 e. The molecule has 26 heavy (non-hydrogen) atoms. The summed E-state index contributed by atoms with van der Waals surface area (Å²) in [5, 5.41) is 7.53. The van der Waals surface area contributed by atoms with E-state index in [1.54, 1.807) is 0 Å². The van der Waals surface area contributed by atoms with E-state index in [-0.39, 0.29) is 17.8 Å². The summed E-state index contributed by atoms with van der Waals surface area (Å²) >= 11 is 0. The minimum Gasteiger partial charge on any atom is -0.356 e. The molecule has 2 aromatic rings. The van der Waals surface area contributed by atoms with Crippen LogP contribution in [0.25, 0.3) is 0 Å². The molecule has 1 aromatic carbocycles. The molecular formula is C20H25FN4O. The van der Waals surface area contributed by atoms with Crippen LogP contribution in [0.1, 0.15) is 43.0 Å². The van der Waals surface area contributed by atoms with Crippen molar-refractivity contribution in [3.05, 3.63) is 53.6 Å². The van der Waals surface area contributed by atoms with E-state index in [1.165, 1.54) is 30.7 Å². The monoisotopic (exact) mass is 356 g/mol. The van der Waals surface area contributed by atoms with E-state index in [1.807, 2.05) is 18.3 Å². The maximum atomic E-state index is 13.1. The van der Waals surface area contributed by atoms with Crippen LogP contribution < -0.4 is 5.32 Å². The van der Waals surface area contributed by atoms with E-state index in [9.17, 15) is 9.18 Å². The molecule has 0 radical (unpaired) electrons. The molecule has 2 heterocycles. The van der Waals surface area contributed by atoms with Crippen molar-refractivity contribution < 1.29 is 9.18 Å². The van der Waals surface area contributed by atoms with Crippen LogP contribution in [0.3, 0.4) is 0 Å². The number of nitrogens with one attached hydrogen (secondary N) is 1. The van der Waals surface area contributed by atoms with Crippen LogP contribution in [0.5, 0.6) is 0 Å². The molecule has 1 aliphatic carbocycles. The van der Waals surface area contributed by atoms with E-state index in [0.29, 0.717) is 18.9 Å². The van der Waals surface area contributed by atoms with Gasteiger partial charge in [0.25, 0.3) is 0 Å². The van der Waals surface area contributed by atoms with E-state index in [2.05, 4.69) is 26.1 Å². The molecule has 138 valence electrons. The quantitative estimate of drug-likeness (QED) is 0.830. The zero-order chi connectivity index (χ0) is 17.9. The van der Waals surface area contributed by atoms with Crippen molar-refractivity contribution in [3.63, 3.8) is 0 Å². The van der Waals surface area contributed by atoms with Gasteiger partial charge in [0.05, 0.1) is 11.7 Å². The Kier molecular flexibility index (Phi) is 5.02. The zero-order valence-corrected chi connectivity index (χ0v) is 14.9. The number of amides is 1. The largest absolute Gasteiger partial charge is 0.356 e. The molecule has 0 bridgehead atoms. The highest BCUT2D eigenvalue weighted by Gasteiger charge is 2.26. The molecule has 1 saturated carbocycles. The SMILES string of the molecule is O=C(CC1CC1)NCC[C@H]1CN(Cc2ccc(F)cc2)Cc2ccnn21. The minimum atomic E-state index is -0.203. The van der Waals surface area contributed by atoms with Gasteiger partial charge in [-0.3, -0.25) is 14.4 Å². The molecule has 1 N–H and O–H groups in total. The van der Waals surface area contributed by atoms with E-state index < -0.39 is 0 Å². The third-order valence-electron chi connectivity index (χ3n) is 5.24. The molecule has 1 aliphatic heterocycles. The van der Waals surface area contributed by atoms with Crippen LogP contribution in [0.4, 0.5) is 4.39 Å². The van der Waals surface area contributed by atoms with Gasteiger partial charge in [0.15, 0.2) is 0 Å². The normalized spacial score (nSPS) is 20.0. The molecule has 1 atom stereocenters. The molecule has 6 heteroatoms. The number of aromatic nitrogens is 2. The van der Waals surface area contributed by atoms with Crippen molar-refractivity contribution in [1.29, 1.82) is 0 Å². The van der Waals surface area contributed by atoms with Crippen LogP contribution in [0.15, 0.2) is 36.5 Å². The number of benzene rings is 1. The van der Waals surface area contributed by atoms with Gasteiger partial charge in [0, 0.05) is 38.8 Å². The second kappa shape index (κ2) is 7.58. The minimum absolute atomic E-state index is 0.173. The molecule has 1 aromatic heterocycles. The average molecular weight is 356 g/mol. The van der Waals surface area contributed by atoms with Crippen molar-refractivity contribution in [2.75, 3.05) is 13.1 Å². The first kappa shape index (κ1) is 17.2. The second-order valence-electron chi connectivity index (χ2n) is 7.50. The van der Waals surface area contributed by atoms with Gasteiger partial charge in [-0.15, -0.1) is 0 Å². The molecule has 5 nitrogen and oxygen atoms in total. The fourth-order valence-electron chi connectivity index (χ4n) is 3.68. The van der Waals surface area contributed by atoms with Crippen LogP contribution in [-0.2, 0) is 17.9 Å². The maximum Gasteiger partial charge on any atom is 0.220 e. The molecule has 1 amide bonds. The van der Waals surface area contributed by atoms with Gasteiger partial charge in [-0.05, 0) is 48.9 Å².